The number of hydrogen-bond donors (Lipinski definition) is 11. The molecule has 5 heterocycles. The molecular formula is C81H91Br2N15O9. The van der Waals surface area contributed by atoms with E-state index < -0.39 is 103 Å². The molecule has 0 fully saturated rings. The maximum absolute atomic E-state index is 14.5. The predicted octanol–water partition coefficient (Wildman–Crippen LogP) is 9.07. The summed E-state index contributed by atoms with van der Waals surface area (Å²) in [6.07, 6.45) is 7.85. The van der Waals surface area contributed by atoms with Crippen molar-refractivity contribution < 1.29 is 43.2 Å². The van der Waals surface area contributed by atoms with Gasteiger partial charge in [0.15, 0.2) is 5.78 Å². The van der Waals surface area contributed by atoms with Crippen LogP contribution in [0.25, 0.3) is 90.9 Å². The second kappa shape index (κ2) is 39.6. The van der Waals surface area contributed by atoms with E-state index in [9.17, 15) is 43.2 Å². The van der Waals surface area contributed by atoms with Crippen LogP contribution in [0.3, 0.4) is 0 Å². The Labute approximate surface area is 642 Å². The molecule has 0 aliphatic carbocycles. The van der Waals surface area contributed by atoms with E-state index in [4.69, 9.17) is 27.2 Å². The van der Waals surface area contributed by atoms with Crippen LogP contribution in [-0.2, 0) is 49.6 Å². The normalized spacial score (nSPS) is 12.5. The van der Waals surface area contributed by atoms with Gasteiger partial charge in [-0.05, 0) is 141 Å². The predicted molar refractivity (Wildman–Crippen MR) is 431 cm³/mol. The first-order valence-electron chi connectivity index (χ1n) is 35.2. The number of rotatable bonds is 32. The van der Waals surface area contributed by atoms with Crippen molar-refractivity contribution >= 4 is 139 Å². The van der Waals surface area contributed by atoms with E-state index in [-0.39, 0.29) is 85.2 Å². The number of hydrogen-bond acceptors (Lipinski definition) is 16. The first kappa shape index (κ1) is 82.0. The molecule has 107 heavy (non-hydrogen) atoms. The number of likely N-dealkylation sites (N-methyl/N-ethyl adjacent to an activating group) is 2. The van der Waals surface area contributed by atoms with Gasteiger partial charge >= 0.3 is 0 Å². The summed E-state index contributed by atoms with van der Waals surface area (Å²) in [5.41, 5.74) is 32.1. The number of amides is 8. The molecule has 0 saturated heterocycles. The van der Waals surface area contributed by atoms with E-state index in [1.54, 1.807) is 63.4 Å². The molecule has 14 N–H and O–H groups in total. The molecule has 2 aliphatic rings. The number of carbonyl (C=O) groups is 9. The molecule has 8 bridgehead atoms. The number of Topliss-reactive ketones (excluding diaryl/α,β-unsaturated/α-hetero) is 1. The smallest absolute Gasteiger partial charge is 0.251 e. The Balaban J connectivity index is 0.00000722. The van der Waals surface area contributed by atoms with E-state index in [1.807, 2.05) is 97.1 Å². The molecule has 3 aromatic heterocycles. The van der Waals surface area contributed by atoms with Gasteiger partial charge in [-0.3, -0.25) is 53.0 Å². The van der Waals surface area contributed by atoms with Gasteiger partial charge in [-0.2, -0.15) is 0 Å². The summed E-state index contributed by atoms with van der Waals surface area (Å²) in [4.78, 5) is 145. The number of imide groups is 2. The van der Waals surface area contributed by atoms with Crippen molar-refractivity contribution in [1.82, 2.24) is 56.3 Å². The fraction of sp³-hybridized carbons (Fsp3) is 0.272. The van der Waals surface area contributed by atoms with Crippen LogP contribution in [0.15, 0.2) is 170 Å². The van der Waals surface area contributed by atoms with Crippen molar-refractivity contribution in [2.24, 2.45) is 23.1 Å². The highest BCUT2D eigenvalue weighted by atomic mass is 79.9. The highest BCUT2D eigenvalue weighted by molar-refractivity contribution is 8.93. The Hall–Kier alpha value is -10.7. The number of aromatic amines is 2. The fourth-order valence-electron chi connectivity index (χ4n) is 12.9. The highest BCUT2D eigenvalue weighted by Gasteiger charge is 2.37. The van der Waals surface area contributed by atoms with E-state index in [0.29, 0.717) is 29.8 Å². The average Bonchev–Trinajstić information content (AvgIpc) is 1.62. The summed E-state index contributed by atoms with van der Waals surface area (Å²) >= 11 is 0. The third-order valence-electron chi connectivity index (χ3n) is 17.9. The van der Waals surface area contributed by atoms with Crippen molar-refractivity contribution in [3.8, 4) is 44.5 Å². The molecule has 8 amide bonds. The number of ketones is 1. The highest BCUT2D eigenvalue weighted by Crippen LogP contribution is 2.39. The third kappa shape index (κ3) is 21.1. The minimum atomic E-state index is -1.46. The number of unbranched alkanes of at least 4 members (excludes halogenated alkanes) is 1. The lowest BCUT2D eigenvalue weighted by atomic mass is 10.00. The van der Waals surface area contributed by atoms with Gasteiger partial charge in [0.2, 0.25) is 41.4 Å². The lowest BCUT2D eigenvalue weighted by molar-refractivity contribution is -0.152. The first-order chi connectivity index (χ1) is 50.9. The molecule has 558 valence electrons. The van der Waals surface area contributed by atoms with Gasteiger partial charge < -0.3 is 59.1 Å². The standard InChI is InChI=1S/C81H89N15O9.2BrH/c1-50(2)43-67(81(105)95(73(101)45-83)49-57(84)69(97)46-85-3)94-79(103)66(44-51-19-9-5-10-20-51)93-71(99)47-87-80(104)68(27-17-18-42-82)96(74(102)48-86-4)72(100)41-40-70(98)88-56-30-28-55(29-31-56)78-64-38-36-62(91-64)76(53-23-13-7-14-24-53)60-34-32-58(89-60)75(52-21-11-6-12-22-52)59-33-35-61(90-59)77(54-25-15-8-16-26-54)63-37-39-65(78)92-63;;/h5-16,19-26,28-39,50,57,66-68,85-86,89,92H,17-18,27,40-49,82-84H2,1-4H3,(H,87,104)(H,88,98)(H,93,99)(H,94,103);2*1H/t57?,66-,67-,68-;;/m0../s1. The molecule has 1 unspecified atom stereocenters. The first-order valence-corrected chi connectivity index (χ1v) is 35.2. The fourth-order valence-corrected chi connectivity index (χ4v) is 12.9. The molecule has 26 heteroatoms. The van der Waals surface area contributed by atoms with E-state index >= 15 is 0 Å². The maximum Gasteiger partial charge on any atom is 0.251 e. The SMILES string of the molecule is Br.Br.CNCC(=O)C(N)CN(C(=O)CN)C(=O)[C@H](CC(C)C)NC(=O)[C@H](Cc1ccccc1)NC(=O)CNC(=O)[C@H](CCCCN)N(C(=O)CCC(=O)Nc1ccc(-c2c3nc(c(-c4ccccc4)c4ccc([nH]4)c(-c4ccccc4)c4nc(c(-c5ccccc5)c5ccc2[nH]5)C=C4)C=C3)cc1)C(=O)CNC. The summed E-state index contributed by atoms with van der Waals surface area (Å²) in [5, 5.41) is 16.3. The Kier molecular flexibility index (Phi) is 30.3. The Bertz CT molecular complexity index is 4670. The Morgan fingerprint density at radius 1 is 0.495 bits per heavy atom. The minimum absolute atomic E-state index is 0. The topological polar surface area (TPSA) is 368 Å². The number of benzene rings is 5. The second-order valence-corrected chi connectivity index (χ2v) is 26.1. The number of H-pyrrole nitrogens is 2. The number of nitrogens with zero attached hydrogens (tertiary/aromatic N) is 4. The largest absolute Gasteiger partial charge is 0.354 e. The molecule has 0 spiro atoms. The summed E-state index contributed by atoms with van der Waals surface area (Å²) < 4.78 is 0. The van der Waals surface area contributed by atoms with Crippen LogP contribution in [0.5, 0.6) is 0 Å². The number of halogens is 2. The molecular weight excluding hydrogens is 1490 g/mol. The number of nitrogens with two attached hydrogens (primary N) is 3. The third-order valence-corrected chi connectivity index (χ3v) is 17.9. The van der Waals surface area contributed by atoms with E-state index in [1.165, 1.54) is 7.05 Å². The molecule has 0 radical (unpaired) electrons. The lowest BCUT2D eigenvalue weighted by Gasteiger charge is -2.30. The molecule has 4 atom stereocenters. The summed E-state index contributed by atoms with van der Waals surface area (Å²) in [6, 6.07) is 49.2. The van der Waals surface area contributed by atoms with Crippen LogP contribution in [0.4, 0.5) is 5.69 Å². The molecule has 24 nitrogen and oxygen atoms in total. The van der Waals surface area contributed by atoms with Gasteiger partial charge in [-0.1, -0.05) is 147 Å². The maximum atomic E-state index is 14.5. The number of aromatic nitrogens is 4. The zero-order valence-electron chi connectivity index (χ0n) is 60.1. The van der Waals surface area contributed by atoms with Gasteiger partial charge in [0, 0.05) is 69.3 Å². The Morgan fingerprint density at radius 2 is 0.963 bits per heavy atom. The monoisotopic (exact) mass is 1580 g/mol. The second-order valence-electron chi connectivity index (χ2n) is 26.1. The number of anilines is 1. The minimum Gasteiger partial charge on any atom is -0.354 e. The zero-order chi connectivity index (χ0) is 74.5. The molecule has 10 rings (SSSR count). The van der Waals surface area contributed by atoms with Crippen molar-refractivity contribution in [1.29, 1.82) is 0 Å². The summed E-state index contributed by atoms with van der Waals surface area (Å²) in [6.45, 7) is 1.51. The van der Waals surface area contributed by atoms with Gasteiger partial charge in [-0.25, -0.2) is 9.97 Å². The van der Waals surface area contributed by atoms with Crippen molar-refractivity contribution in [3.63, 3.8) is 0 Å². The van der Waals surface area contributed by atoms with Crippen molar-refractivity contribution in [3.05, 3.63) is 198 Å². The van der Waals surface area contributed by atoms with Crippen LogP contribution in [0.1, 0.15) is 80.7 Å². The van der Waals surface area contributed by atoms with Crippen molar-refractivity contribution in [2.45, 2.75) is 83.0 Å². The van der Waals surface area contributed by atoms with Gasteiger partial charge in [0.25, 0.3) is 5.91 Å². The van der Waals surface area contributed by atoms with Crippen LogP contribution in [-0.4, -0.2) is 160 Å². The van der Waals surface area contributed by atoms with Crippen LogP contribution in [0, 0.1) is 5.92 Å². The van der Waals surface area contributed by atoms with Gasteiger partial charge in [0.1, 0.15) is 18.1 Å². The zero-order valence-corrected chi connectivity index (χ0v) is 63.5. The van der Waals surface area contributed by atoms with Gasteiger partial charge in [-0.15, -0.1) is 34.0 Å². The molecule has 2 aliphatic heterocycles. The molecule has 5 aromatic carbocycles. The number of nitrogens with one attached hydrogen (secondary N) is 8. The number of fused-ring (bicyclic) bond motifs is 8. The summed E-state index contributed by atoms with van der Waals surface area (Å²) in [5.74, 6) is -7.05. The van der Waals surface area contributed by atoms with Crippen LogP contribution < -0.4 is 49.1 Å². The summed E-state index contributed by atoms with van der Waals surface area (Å²) in [7, 11) is 3.04. The van der Waals surface area contributed by atoms with Crippen LogP contribution in [0.2, 0.25) is 0 Å². The Morgan fingerprint density at radius 3 is 1.41 bits per heavy atom. The molecule has 8 aromatic rings. The quantitative estimate of drug-likeness (QED) is 0.0175. The molecule has 0 saturated carbocycles. The van der Waals surface area contributed by atoms with E-state index in [2.05, 4.69) is 96.5 Å². The number of carbonyl (C=O) groups excluding carboxylic acids is 9. The average molecular weight is 1580 g/mol. The van der Waals surface area contributed by atoms with E-state index in [0.717, 1.165) is 93.5 Å². The van der Waals surface area contributed by atoms with Crippen molar-refractivity contribution in [2.75, 3.05) is 58.7 Å². The van der Waals surface area contributed by atoms with Gasteiger partial charge in [0.05, 0.1) is 61.5 Å². The lowest BCUT2D eigenvalue weighted by Crippen LogP contribution is -2.59. The van der Waals surface area contributed by atoms with Crippen LogP contribution >= 0.6 is 34.0 Å².